The second-order valence-electron chi connectivity index (χ2n) is 5.96. The van der Waals surface area contributed by atoms with Gasteiger partial charge in [-0.1, -0.05) is 29.8 Å². The predicted octanol–water partition coefficient (Wildman–Crippen LogP) is 3.55. The number of aryl methyl sites for hydroxylation is 1. The second kappa shape index (κ2) is 9.70. The van der Waals surface area contributed by atoms with E-state index in [0.717, 1.165) is 11.1 Å². The quantitative estimate of drug-likeness (QED) is 0.432. The van der Waals surface area contributed by atoms with Crippen molar-refractivity contribution in [1.82, 2.24) is 15.2 Å². The van der Waals surface area contributed by atoms with Gasteiger partial charge in [-0.2, -0.15) is 15.2 Å². The summed E-state index contributed by atoms with van der Waals surface area (Å²) < 4.78 is 11.6. The van der Waals surface area contributed by atoms with Crippen LogP contribution in [0.4, 0.5) is 5.82 Å². The third-order valence-corrected chi connectivity index (χ3v) is 4.24. The van der Waals surface area contributed by atoms with E-state index in [9.17, 15) is 4.79 Å². The number of nitrogens with one attached hydrogen (secondary N) is 2. The maximum absolute atomic E-state index is 11.3. The van der Waals surface area contributed by atoms with E-state index in [-0.39, 0.29) is 5.82 Å². The molecule has 150 valence electrons. The molecule has 2 N–H and O–H groups in total. The fraction of sp³-hybridized carbons (Fsp3) is 0.200. The van der Waals surface area contributed by atoms with Gasteiger partial charge >= 0.3 is 5.69 Å². The highest BCUT2D eigenvalue weighted by Crippen LogP contribution is 2.29. The van der Waals surface area contributed by atoms with Gasteiger partial charge in [0.05, 0.1) is 12.8 Å². The maximum atomic E-state index is 11.3. The number of H-pyrrole nitrogens is 1. The van der Waals surface area contributed by atoms with E-state index < -0.39 is 5.69 Å². The minimum atomic E-state index is -0.549. The molecular weight excluding hydrogens is 394 g/mol. The minimum absolute atomic E-state index is 0.287. The van der Waals surface area contributed by atoms with Crippen molar-refractivity contribution in [2.24, 2.45) is 5.10 Å². The zero-order valence-corrected chi connectivity index (χ0v) is 16.7. The van der Waals surface area contributed by atoms with Gasteiger partial charge in [0.2, 0.25) is 0 Å². The van der Waals surface area contributed by atoms with Crippen molar-refractivity contribution in [3.8, 4) is 11.5 Å². The summed E-state index contributed by atoms with van der Waals surface area (Å²) in [4.78, 5) is 15.0. The molecule has 0 amide bonds. The Morgan fingerprint density at radius 3 is 2.83 bits per heavy atom. The van der Waals surface area contributed by atoms with Crippen molar-refractivity contribution in [1.29, 1.82) is 0 Å². The number of benzene rings is 2. The number of hydrazone groups is 1. The Kier molecular flexibility index (Phi) is 6.80. The molecule has 0 bridgehead atoms. The van der Waals surface area contributed by atoms with Crippen molar-refractivity contribution >= 4 is 23.6 Å². The van der Waals surface area contributed by atoms with Crippen LogP contribution in [0.15, 0.2) is 52.4 Å². The molecule has 8 nitrogen and oxygen atoms in total. The zero-order chi connectivity index (χ0) is 20.6. The molecule has 29 heavy (non-hydrogen) atoms. The average Bonchev–Trinajstić information content (AvgIpc) is 2.71. The molecular formula is C20H20ClN5O3. The van der Waals surface area contributed by atoms with Crippen LogP contribution in [0.2, 0.25) is 5.02 Å². The first kappa shape index (κ1) is 20.3. The molecule has 1 aromatic heterocycles. The number of hydrogen-bond acceptors (Lipinski definition) is 7. The van der Waals surface area contributed by atoms with Crippen molar-refractivity contribution in [2.75, 3.05) is 12.0 Å². The van der Waals surface area contributed by atoms with Gasteiger partial charge in [-0.25, -0.2) is 9.89 Å². The lowest BCUT2D eigenvalue weighted by Gasteiger charge is -2.13. The Morgan fingerprint density at radius 1 is 1.21 bits per heavy atom. The number of ether oxygens (including phenoxy) is 2. The maximum Gasteiger partial charge on any atom is 0.363 e. The number of aromatic amines is 1. The van der Waals surface area contributed by atoms with Gasteiger partial charge in [0.1, 0.15) is 12.3 Å². The first-order valence-electron chi connectivity index (χ1n) is 8.92. The molecule has 3 rings (SSSR count). The van der Waals surface area contributed by atoms with Gasteiger partial charge in [-0.3, -0.25) is 5.43 Å². The average molecular weight is 414 g/mol. The van der Waals surface area contributed by atoms with E-state index in [1.807, 2.05) is 49.4 Å². The molecule has 9 heteroatoms. The predicted molar refractivity (Wildman–Crippen MR) is 112 cm³/mol. The highest BCUT2D eigenvalue weighted by Gasteiger charge is 2.08. The van der Waals surface area contributed by atoms with Crippen molar-refractivity contribution in [2.45, 2.75) is 20.5 Å². The summed E-state index contributed by atoms with van der Waals surface area (Å²) in [5, 5.41) is 10.8. The van der Waals surface area contributed by atoms with Crippen LogP contribution in [0.3, 0.4) is 0 Å². The van der Waals surface area contributed by atoms with Gasteiger partial charge in [0.15, 0.2) is 17.3 Å². The lowest BCUT2D eigenvalue weighted by molar-refractivity contribution is 0.269. The minimum Gasteiger partial charge on any atom is -0.490 e. The summed E-state index contributed by atoms with van der Waals surface area (Å²) >= 11 is 6.18. The molecule has 1 heterocycles. The molecule has 0 spiro atoms. The summed E-state index contributed by atoms with van der Waals surface area (Å²) in [7, 11) is 0. The normalized spacial score (nSPS) is 10.9. The first-order chi connectivity index (χ1) is 14.1. The lowest BCUT2D eigenvalue weighted by Crippen LogP contribution is -2.15. The Bertz CT molecular complexity index is 1070. The van der Waals surface area contributed by atoms with E-state index in [1.165, 1.54) is 0 Å². The molecule has 0 atom stereocenters. The Labute approximate surface area is 172 Å². The van der Waals surface area contributed by atoms with Gasteiger partial charge in [0, 0.05) is 10.6 Å². The van der Waals surface area contributed by atoms with Crippen LogP contribution in [0, 0.1) is 6.92 Å². The molecule has 0 radical (unpaired) electrons. The zero-order valence-electron chi connectivity index (χ0n) is 16.0. The van der Waals surface area contributed by atoms with E-state index in [0.29, 0.717) is 35.4 Å². The number of rotatable bonds is 8. The first-order valence-corrected chi connectivity index (χ1v) is 9.30. The summed E-state index contributed by atoms with van der Waals surface area (Å²) in [6.07, 6.45) is 1.59. The van der Waals surface area contributed by atoms with E-state index in [2.05, 4.69) is 25.7 Å². The Balaban J connectivity index is 1.72. The summed E-state index contributed by atoms with van der Waals surface area (Å²) in [5.41, 5.74) is 4.36. The third-order valence-electron chi connectivity index (χ3n) is 3.87. The van der Waals surface area contributed by atoms with Crippen LogP contribution in [0.25, 0.3) is 0 Å². The highest BCUT2D eigenvalue weighted by molar-refractivity contribution is 6.31. The van der Waals surface area contributed by atoms with E-state index >= 15 is 0 Å². The van der Waals surface area contributed by atoms with Crippen LogP contribution >= 0.6 is 11.6 Å². The SMILES string of the molecule is CCOc1cc(/C=N\Nc2nc(=O)[nH]nc2C)ccc1OCc1ccccc1Cl. The molecule has 0 unspecified atom stereocenters. The number of nitrogens with zero attached hydrogens (tertiary/aromatic N) is 3. The third kappa shape index (κ3) is 5.55. The number of halogens is 1. The molecule has 0 aliphatic rings. The number of anilines is 1. The van der Waals surface area contributed by atoms with Crippen molar-refractivity contribution in [3.63, 3.8) is 0 Å². The van der Waals surface area contributed by atoms with Crippen molar-refractivity contribution in [3.05, 3.63) is 74.8 Å². The Morgan fingerprint density at radius 2 is 2.03 bits per heavy atom. The van der Waals surface area contributed by atoms with Gasteiger partial charge in [-0.05, 0) is 43.7 Å². The van der Waals surface area contributed by atoms with Gasteiger partial charge in [-0.15, -0.1) is 0 Å². The topological polar surface area (TPSA) is 101 Å². The smallest absolute Gasteiger partial charge is 0.363 e. The fourth-order valence-corrected chi connectivity index (χ4v) is 2.62. The Hall–Kier alpha value is -3.39. The van der Waals surface area contributed by atoms with Crippen LogP contribution < -0.4 is 20.6 Å². The summed E-state index contributed by atoms with van der Waals surface area (Å²) in [5.74, 6) is 1.48. The summed E-state index contributed by atoms with van der Waals surface area (Å²) in [6, 6.07) is 13.0. The van der Waals surface area contributed by atoms with E-state index in [1.54, 1.807) is 13.1 Å². The van der Waals surface area contributed by atoms with Crippen LogP contribution in [0.5, 0.6) is 11.5 Å². The molecule has 0 aliphatic heterocycles. The standard InChI is InChI=1S/C20H20ClN5O3/c1-3-28-18-10-14(11-22-25-19-13(2)24-26-20(27)23-19)8-9-17(18)29-12-15-6-4-5-7-16(15)21/h4-11H,3,12H2,1-2H3,(H2,23,25,26,27)/b22-11-. The van der Waals surface area contributed by atoms with Crippen molar-refractivity contribution < 1.29 is 9.47 Å². The largest absolute Gasteiger partial charge is 0.490 e. The summed E-state index contributed by atoms with van der Waals surface area (Å²) in [6.45, 7) is 4.42. The van der Waals surface area contributed by atoms with Gasteiger partial charge in [0.25, 0.3) is 0 Å². The lowest BCUT2D eigenvalue weighted by atomic mass is 10.2. The number of hydrogen-bond donors (Lipinski definition) is 2. The molecule has 0 saturated carbocycles. The fourth-order valence-electron chi connectivity index (χ4n) is 2.43. The highest BCUT2D eigenvalue weighted by atomic mass is 35.5. The van der Waals surface area contributed by atoms with Crippen LogP contribution in [-0.4, -0.2) is 28.0 Å². The molecule has 0 saturated heterocycles. The van der Waals surface area contributed by atoms with Gasteiger partial charge < -0.3 is 9.47 Å². The van der Waals surface area contributed by atoms with Crippen LogP contribution in [-0.2, 0) is 6.61 Å². The monoisotopic (exact) mass is 413 g/mol. The molecule has 0 fully saturated rings. The van der Waals surface area contributed by atoms with Crippen LogP contribution in [0.1, 0.15) is 23.7 Å². The molecule has 0 aliphatic carbocycles. The molecule has 3 aromatic rings. The molecule has 2 aromatic carbocycles. The number of aromatic nitrogens is 3. The van der Waals surface area contributed by atoms with E-state index in [4.69, 9.17) is 21.1 Å². The second-order valence-corrected chi connectivity index (χ2v) is 6.37.